The first kappa shape index (κ1) is 21.9. The molecule has 0 atom stereocenters. The number of nitrogen functional groups attached to an aromatic ring is 1. The Morgan fingerprint density at radius 3 is 2.60 bits per heavy atom. The molecular formula is C23H27ClN4O2. The van der Waals surface area contributed by atoms with Crippen LogP contribution in [0.2, 0.25) is 5.02 Å². The van der Waals surface area contributed by atoms with Gasteiger partial charge in [-0.3, -0.25) is 4.79 Å². The number of halogens is 1. The number of benzene rings is 2. The van der Waals surface area contributed by atoms with E-state index in [1.807, 2.05) is 42.8 Å². The van der Waals surface area contributed by atoms with Gasteiger partial charge in [0, 0.05) is 23.2 Å². The summed E-state index contributed by atoms with van der Waals surface area (Å²) in [4.78, 5) is 12.8. The van der Waals surface area contributed by atoms with E-state index in [0.29, 0.717) is 22.7 Å². The molecule has 4 N–H and O–H groups in total. The molecule has 0 aliphatic rings. The van der Waals surface area contributed by atoms with Gasteiger partial charge in [0.1, 0.15) is 0 Å². The van der Waals surface area contributed by atoms with Crippen molar-refractivity contribution in [2.75, 3.05) is 12.3 Å². The Morgan fingerprint density at radius 1 is 1.23 bits per heavy atom. The summed E-state index contributed by atoms with van der Waals surface area (Å²) >= 11 is 6.18. The third kappa shape index (κ3) is 4.50. The van der Waals surface area contributed by atoms with Gasteiger partial charge in [-0.2, -0.15) is 5.10 Å². The van der Waals surface area contributed by atoms with Crippen molar-refractivity contribution < 1.29 is 9.90 Å². The number of anilines is 1. The maximum atomic E-state index is 12.8. The number of hydrogen-bond donors (Lipinski definition) is 3. The van der Waals surface area contributed by atoms with E-state index in [4.69, 9.17) is 17.3 Å². The molecule has 0 saturated carbocycles. The molecule has 3 rings (SSSR count). The molecule has 30 heavy (non-hydrogen) atoms. The Hall–Kier alpha value is -2.83. The van der Waals surface area contributed by atoms with Crippen molar-refractivity contribution in [1.29, 1.82) is 0 Å². The lowest BCUT2D eigenvalue weighted by Crippen LogP contribution is -2.46. The van der Waals surface area contributed by atoms with E-state index in [1.165, 1.54) is 0 Å². The van der Waals surface area contributed by atoms with E-state index in [2.05, 4.69) is 10.4 Å². The predicted molar refractivity (Wildman–Crippen MR) is 120 cm³/mol. The average molecular weight is 427 g/mol. The summed E-state index contributed by atoms with van der Waals surface area (Å²) in [5.74, 6) is -0.210. The summed E-state index contributed by atoms with van der Waals surface area (Å²) in [5, 5.41) is 17.5. The predicted octanol–water partition coefficient (Wildman–Crippen LogP) is 3.82. The molecule has 1 heterocycles. The summed E-state index contributed by atoms with van der Waals surface area (Å²) in [6.45, 7) is 7.37. The number of rotatable bonds is 6. The number of carbonyl (C=O) groups is 1. The zero-order valence-electron chi connectivity index (χ0n) is 17.7. The normalized spacial score (nSPS) is 11.5. The molecule has 0 aliphatic carbocycles. The third-order valence-electron chi connectivity index (χ3n) is 5.15. The fourth-order valence-corrected chi connectivity index (χ4v) is 3.51. The van der Waals surface area contributed by atoms with Crippen LogP contribution in [0.15, 0.2) is 42.5 Å². The van der Waals surface area contributed by atoms with Gasteiger partial charge < -0.3 is 16.2 Å². The van der Waals surface area contributed by atoms with Crippen LogP contribution in [0, 0.1) is 13.8 Å². The minimum Gasteiger partial charge on any atom is -0.398 e. The molecule has 0 bridgehead atoms. The highest BCUT2D eigenvalue weighted by atomic mass is 35.5. The van der Waals surface area contributed by atoms with E-state index in [-0.39, 0.29) is 12.5 Å². The van der Waals surface area contributed by atoms with Crippen LogP contribution < -0.4 is 11.1 Å². The van der Waals surface area contributed by atoms with Gasteiger partial charge in [0.2, 0.25) is 0 Å². The molecular weight excluding hydrogens is 400 g/mol. The maximum absolute atomic E-state index is 12.8. The lowest BCUT2D eigenvalue weighted by Gasteiger charge is -2.24. The van der Waals surface area contributed by atoms with Crippen molar-refractivity contribution in [2.24, 2.45) is 0 Å². The zero-order valence-corrected chi connectivity index (χ0v) is 18.4. The highest BCUT2D eigenvalue weighted by Gasteiger charge is 2.22. The molecule has 0 spiro atoms. The smallest absolute Gasteiger partial charge is 0.252 e. The Balaban J connectivity index is 1.95. The van der Waals surface area contributed by atoms with Gasteiger partial charge in [-0.15, -0.1) is 0 Å². The van der Waals surface area contributed by atoms with Crippen molar-refractivity contribution >= 4 is 23.2 Å². The van der Waals surface area contributed by atoms with Crippen LogP contribution in [0.5, 0.6) is 0 Å². The lowest BCUT2D eigenvalue weighted by atomic mass is 9.97. The maximum Gasteiger partial charge on any atom is 0.252 e. The van der Waals surface area contributed by atoms with Gasteiger partial charge in [-0.1, -0.05) is 29.8 Å². The summed E-state index contributed by atoms with van der Waals surface area (Å²) in [6.07, 6.45) is 0.559. The number of aliphatic hydroxyl groups is 1. The molecule has 6 nitrogen and oxygen atoms in total. The van der Waals surface area contributed by atoms with Crippen LogP contribution in [-0.2, 0) is 6.42 Å². The second-order valence-corrected chi connectivity index (χ2v) is 8.50. The SMILES string of the molecule is Cc1nn(-c2ccc(N)c(Cl)c2)c(C)c1Cc1ccccc1C(=O)NC(C)(C)CO. The van der Waals surface area contributed by atoms with Gasteiger partial charge in [0.25, 0.3) is 5.91 Å². The zero-order chi connectivity index (χ0) is 22.1. The molecule has 2 aromatic carbocycles. The molecule has 1 aromatic heterocycles. The van der Waals surface area contributed by atoms with Gasteiger partial charge in [-0.05, 0) is 57.5 Å². The molecule has 0 fully saturated rings. The minimum atomic E-state index is -0.699. The van der Waals surface area contributed by atoms with Crippen LogP contribution in [0.4, 0.5) is 5.69 Å². The van der Waals surface area contributed by atoms with E-state index in [9.17, 15) is 9.90 Å². The summed E-state index contributed by atoms with van der Waals surface area (Å²) in [6, 6.07) is 12.9. The van der Waals surface area contributed by atoms with Crippen LogP contribution in [0.3, 0.4) is 0 Å². The number of aromatic nitrogens is 2. The van der Waals surface area contributed by atoms with Crippen LogP contribution in [0.25, 0.3) is 5.69 Å². The fraction of sp³-hybridized carbons (Fsp3) is 0.304. The van der Waals surface area contributed by atoms with Crippen LogP contribution in [-0.4, -0.2) is 32.9 Å². The van der Waals surface area contributed by atoms with Gasteiger partial charge in [-0.25, -0.2) is 4.68 Å². The first-order chi connectivity index (χ1) is 14.1. The van der Waals surface area contributed by atoms with Crippen molar-refractivity contribution in [1.82, 2.24) is 15.1 Å². The van der Waals surface area contributed by atoms with Gasteiger partial charge in [0.05, 0.1) is 34.2 Å². The molecule has 158 valence electrons. The monoisotopic (exact) mass is 426 g/mol. The largest absolute Gasteiger partial charge is 0.398 e. The number of aliphatic hydroxyl groups excluding tert-OH is 1. The Bertz CT molecular complexity index is 1090. The quantitative estimate of drug-likeness (QED) is 0.522. The summed E-state index contributed by atoms with van der Waals surface area (Å²) < 4.78 is 1.84. The van der Waals surface area contributed by atoms with Crippen molar-refractivity contribution in [3.8, 4) is 5.69 Å². The first-order valence-electron chi connectivity index (χ1n) is 9.74. The number of nitrogens with one attached hydrogen (secondary N) is 1. The molecule has 0 saturated heterocycles. The highest BCUT2D eigenvalue weighted by Crippen LogP contribution is 2.26. The van der Waals surface area contributed by atoms with Crippen LogP contribution >= 0.6 is 11.6 Å². The number of hydrogen-bond acceptors (Lipinski definition) is 4. The lowest BCUT2D eigenvalue weighted by molar-refractivity contribution is 0.0868. The average Bonchev–Trinajstić information content (AvgIpc) is 2.98. The second kappa shape index (κ2) is 8.50. The van der Waals surface area contributed by atoms with E-state index in [0.717, 1.165) is 28.2 Å². The summed E-state index contributed by atoms with van der Waals surface area (Å²) in [5.41, 5.74) is 10.9. The number of aryl methyl sites for hydroxylation is 1. The standard InChI is InChI=1S/C23H27ClN4O2/c1-14-19(15(2)28(27-14)17-9-10-21(25)20(24)12-17)11-16-7-5-6-8-18(16)22(30)26-23(3,4)13-29/h5-10,12,29H,11,13,25H2,1-4H3,(H,26,30). The number of amides is 1. The van der Waals surface area contributed by atoms with Crippen LogP contribution in [0.1, 0.15) is 46.7 Å². The molecule has 0 radical (unpaired) electrons. The molecule has 7 heteroatoms. The number of nitrogens with two attached hydrogens (primary N) is 1. The fourth-order valence-electron chi connectivity index (χ4n) is 3.33. The second-order valence-electron chi connectivity index (χ2n) is 8.10. The Labute approximate surface area is 181 Å². The Kier molecular flexibility index (Phi) is 6.19. The summed E-state index contributed by atoms with van der Waals surface area (Å²) in [7, 11) is 0. The number of nitrogens with zero attached hydrogens (tertiary/aromatic N) is 2. The van der Waals surface area contributed by atoms with E-state index in [1.54, 1.807) is 32.0 Å². The van der Waals surface area contributed by atoms with Gasteiger partial charge in [0.15, 0.2) is 0 Å². The molecule has 3 aromatic rings. The minimum absolute atomic E-state index is 0.143. The van der Waals surface area contributed by atoms with Gasteiger partial charge >= 0.3 is 0 Å². The van der Waals surface area contributed by atoms with E-state index < -0.39 is 5.54 Å². The molecule has 0 aliphatic heterocycles. The first-order valence-corrected chi connectivity index (χ1v) is 10.1. The van der Waals surface area contributed by atoms with Crippen molar-refractivity contribution in [2.45, 2.75) is 39.7 Å². The highest BCUT2D eigenvalue weighted by molar-refractivity contribution is 6.33. The third-order valence-corrected chi connectivity index (χ3v) is 5.47. The van der Waals surface area contributed by atoms with Crippen molar-refractivity contribution in [3.05, 3.63) is 75.6 Å². The number of carbonyl (C=O) groups excluding carboxylic acids is 1. The molecule has 1 amide bonds. The van der Waals surface area contributed by atoms with E-state index >= 15 is 0 Å². The Morgan fingerprint density at radius 2 is 1.93 bits per heavy atom. The topological polar surface area (TPSA) is 93.2 Å². The molecule has 0 unspecified atom stereocenters. The van der Waals surface area contributed by atoms with Crippen molar-refractivity contribution in [3.63, 3.8) is 0 Å².